The van der Waals surface area contributed by atoms with Crippen LogP contribution in [-0.4, -0.2) is 56.1 Å². The van der Waals surface area contributed by atoms with Crippen LogP contribution in [0.4, 0.5) is 0 Å². The van der Waals surface area contributed by atoms with E-state index in [1.807, 2.05) is 11.0 Å². The molecule has 2 heterocycles. The summed E-state index contributed by atoms with van der Waals surface area (Å²) in [6.07, 6.45) is 0. The van der Waals surface area contributed by atoms with Crippen LogP contribution in [0.3, 0.4) is 0 Å². The number of nitrogens with zero attached hydrogens (tertiary/aromatic N) is 2. The number of hydrogen-bond donors (Lipinski definition) is 0. The number of fused-ring (bicyclic) bond motifs is 3. The molecule has 28 heavy (non-hydrogen) atoms. The maximum atomic E-state index is 13.2. The zero-order valence-corrected chi connectivity index (χ0v) is 17.1. The molecule has 2 aliphatic rings. The number of piperazine rings is 1. The molecular formula is C23H28N2O3. The van der Waals surface area contributed by atoms with Gasteiger partial charge in [-0.15, -0.1) is 0 Å². The molecule has 0 bridgehead atoms. The first-order valence-corrected chi connectivity index (χ1v) is 9.79. The van der Waals surface area contributed by atoms with Gasteiger partial charge in [0.05, 0.1) is 20.3 Å². The Hall–Kier alpha value is -2.53. The number of methoxy groups -OCH3 is 2. The average Bonchev–Trinajstić information content (AvgIpc) is 2.72. The van der Waals surface area contributed by atoms with Gasteiger partial charge in [0, 0.05) is 37.2 Å². The minimum atomic E-state index is 0.0444. The molecule has 148 valence electrons. The highest BCUT2D eigenvalue weighted by molar-refractivity contribution is 5.95. The molecule has 0 N–H and O–H groups in total. The van der Waals surface area contributed by atoms with Crippen molar-refractivity contribution in [1.29, 1.82) is 0 Å². The van der Waals surface area contributed by atoms with E-state index in [4.69, 9.17) is 9.47 Å². The molecule has 0 aromatic heterocycles. The third-order valence-corrected chi connectivity index (χ3v) is 6.06. The highest BCUT2D eigenvalue weighted by Gasteiger charge is 2.41. The van der Waals surface area contributed by atoms with Crippen molar-refractivity contribution in [2.45, 2.75) is 25.3 Å². The van der Waals surface area contributed by atoms with Crippen LogP contribution < -0.4 is 9.47 Å². The van der Waals surface area contributed by atoms with Crippen LogP contribution in [-0.2, 0) is 5.41 Å². The first-order chi connectivity index (χ1) is 13.4. The molecule has 2 aromatic carbocycles. The van der Waals surface area contributed by atoms with Gasteiger partial charge in [-0.2, -0.15) is 0 Å². The number of amides is 1. The Labute approximate surface area is 166 Å². The van der Waals surface area contributed by atoms with Crippen molar-refractivity contribution in [3.8, 4) is 11.5 Å². The fraction of sp³-hybridized carbons (Fsp3) is 0.435. The van der Waals surface area contributed by atoms with Gasteiger partial charge in [-0.05, 0) is 29.3 Å². The Morgan fingerprint density at radius 2 is 1.79 bits per heavy atom. The number of benzene rings is 2. The van der Waals surface area contributed by atoms with Crippen molar-refractivity contribution in [3.63, 3.8) is 0 Å². The summed E-state index contributed by atoms with van der Waals surface area (Å²) in [4.78, 5) is 17.7. The Bertz CT molecular complexity index is 893. The Morgan fingerprint density at radius 1 is 1.04 bits per heavy atom. The smallest absolute Gasteiger partial charge is 0.254 e. The average molecular weight is 380 g/mol. The van der Waals surface area contributed by atoms with E-state index >= 15 is 0 Å². The van der Waals surface area contributed by atoms with Crippen molar-refractivity contribution in [1.82, 2.24) is 9.80 Å². The lowest BCUT2D eigenvalue weighted by Gasteiger charge is -2.50. The summed E-state index contributed by atoms with van der Waals surface area (Å²) in [5.41, 5.74) is 3.51. The predicted octanol–water partition coefficient (Wildman–Crippen LogP) is 3.49. The maximum Gasteiger partial charge on any atom is 0.254 e. The number of carbonyl (C=O) groups excluding carboxylic acids is 1. The third-order valence-electron chi connectivity index (χ3n) is 6.06. The summed E-state index contributed by atoms with van der Waals surface area (Å²) < 4.78 is 10.7. The van der Waals surface area contributed by atoms with Gasteiger partial charge in [0.15, 0.2) is 11.5 Å². The Kier molecular flexibility index (Phi) is 4.79. The van der Waals surface area contributed by atoms with E-state index in [1.165, 1.54) is 11.1 Å². The molecule has 1 atom stereocenters. The molecule has 2 aromatic rings. The molecule has 0 aliphatic carbocycles. The predicted molar refractivity (Wildman–Crippen MR) is 109 cm³/mol. The number of carbonyl (C=O) groups is 1. The topological polar surface area (TPSA) is 42.0 Å². The van der Waals surface area contributed by atoms with Crippen LogP contribution in [0.5, 0.6) is 11.5 Å². The van der Waals surface area contributed by atoms with Crippen LogP contribution in [0.2, 0.25) is 0 Å². The highest BCUT2D eigenvalue weighted by atomic mass is 16.5. The first-order valence-electron chi connectivity index (χ1n) is 9.79. The van der Waals surface area contributed by atoms with Gasteiger partial charge < -0.3 is 14.4 Å². The maximum absolute atomic E-state index is 13.2. The van der Waals surface area contributed by atoms with Gasteiger partial charge >= 0.3 is 0 Å². The summed E-state index contributed by atoms with van der Waals surface area (Å²) >= 11 is 0. The summed E-state index contributed by atoms with van der Waals surface area (Å²) in [6, 6.07) is 14.3. The quantitative estimate of drug-likeness (QED) is 0.817. The molecule has 0 radical (unpaired) electrons. The van der Waals surface area contributed by atoms with Gasteiger partial charge in [-0.25, -0.2) is 0 Å². The van der Waals surface area contributed by atoms with Gasteiger partial charge in [-0.3, -0.25) is 9.69 Å². The lowest BCUT2D eigenvalue weighted by molar-refractivity contribution is 0.0359. The number of ether oxygens (including phenoxy) is 2. The fourth-order valence-electron chi connectivity index (χ4n) is 4.64. The van der Waals surface area contributed by atoms with Gasteiger partial charge in [-0.1, -0.05) is 38.1 Å². The number of hydrogen-bond acceptors (Lipinski definition) is 4. The van der Waals surface area contributed by atoms with Gasteiger partial charge in [0.25, 0.3) is 5.91 Å². The summed E-state index contributed by atoms with van der Waals surface area (Å²) in [7, 11) is 3.19. The molecule has 5 nitrogen and oxygen atoms in total. The zero-order valence-electron chi connectivity index (χ0n) is 17.1. The van der Waals surface area contributed by atoms with Crippen LogP contribution in [0.15, 0.2) is 42.5 Å². The van der Waals surface area contributed by atoms with E-state index in [-0.39, 0.29) is 17.4 Å². The molecule has 1 fully saturated rings. The van der Waals surface area contributed by atoms with Crippen LogP contribution >= 0.6 is 0 Å². The highest BCUT2D eigenvalue weighted by Crippen LogP contribution is 2.41. The lowest BCUT2D eigenvalue weighted by Crippen LogP contribution is -2.55. The van der Waals surface area contributed by atoms with Gasteiger partial charge in [0.2, 0.25) is 0 Å². The number of rotatable bonds is 3. The van der Waals surface area contributed by atoms with E-state index in [9.17, 15) is 4.79 Å². The van der Waals surface area contributed by atoms with Crippen molar-refractivity contribution in [2.24, 2.45) is 0 Å². The van der Waals surface area contributed by atoms with Crippen LogP contribution in [0.25, 0.3) is 0 Å². The molecule has 1 saturated heterocycles. The van der Waals surface area contributed by atoms with Crippen molar-refractivity contribution in [3.05, 3.63) is 59.2 Å². The molecule has 0 saturated carbocycles. The first kappa shape index (κ1) is 18.8. The zero-order chi connectivity index (χ0) is 19.9. The fourth-order valence-corrected chi connectivity index (χ4v) is 4.64. The second-order valence-corrected chi connectivity index (χ2v) is 8.28. The molecule has 0 spiro atoms. The lowest BCUT2D eigenvalue weighted by atomic mass is 9.75. The Balaban J connectivity index is 1.60. The van der Waals surface area contributed by atoms with E-state index in [2.05, 4.69) is 43.0 Å². The Morgan fingerprint density at radius 3 is 2.54 bits per heavy atom. The SMILES string of the molecule is COc1ccc(C(=O)N2CCN3CC(C)(C)c4ccccc4C3C2)cc1OC. The van der Waals surface area contributed by atoms with Crippen molar-refractivity contribution >= 4 is 5.91 Å². The molecule has 1 unspecified atom stereocenters. The van der Waals surface area contributed by atoms with Crippen molar-refractivity contribution < 1.29 is 14.3 Å². The van der Waals surface area contributed by atoms with E-state index < -0.39 is 0 Å². The van der Waals surface area contributed by atoms with Crippen LogP contribution in [0, 0.1) is 0 Å². The van der Waals surface area contributed by atoms with Gasteiger partial charge in [0.1, 0.15) is 0 Å². The largest absolute Gasteiger partial charge is 0.493 e. The summed E-state index contributed by atoms with van der Waals surface area (Å²) in [5.74, 6) is 1.26. The van der Waals surface area contributed by atoms with E-state index in [0.717, 1.165) is 19.6 Å². The third kappa shape index (κ3) is 3.14. The molecule has 4 rings (SSSR count). The molecular weight excluding hydrogens is 352 g/mol. The summed E-state index contributed by atoms with van der Waals surface area (Å²) in [5, 5.41) is 0. The molecule has 5 heteroatoms. The van der Waals surface area contributed by atoms with Crippen molar-refractivity contribution in [2.75, 3.05) is 40.4 Å². The minimum absolute atomic E-state index is 0.0444. The normalized spacial score (nSPS) is 20.9. The van der Waals surface area contributed by atoms with Crippen LogP contribution in [0.1, 0.15) is 41.4 Å². The molecule has 1 amide bonds. The standard InChI is InChI=1S/C23H28N2O3/c1-23(2)15-25-12-11-24(14-19(25)17-7-5-6-8-18(17)23)22(26)16-9-10-20(27-3)21(13-16)28-4/h5-10,13,19H,11-12,14-15H2,1-4H3. The summed E-state index contributed by atoms with van der Waals surface area (Å²) in [6.45, 7) is 7.98. The monoisotopic (exact) mass is 380 g/mol. The second-order valence-electron chi connectivity index (χ2n) is 8.28. The van der Waals surface area contributed by atoms with E-state index in [1.54, 1.807) is 26.4 Å². The van der Waals surface area contributed by atoms with E-state index in [0.29, 0.717) is 23.6 Å². The minimum Gasteiger partial charge on any atom is -0.493 e. The second kappa shape index (κ2) is 7.13. The molecule has 2 aliphatic heterocycles.